The van der Waals surface area contributed by atoms with E-state index in [-0.39, 0.29) is 0 Å². The average molecular weight is 283 g/mol. The summed E-state index contributed by atoms with van der Waals surface area (Å²) < 4.78 is 10.6. The number of hydrogen-bond acceptors (Lipinski definition) is 6. The number of anilines is 1. The minimum atomic E-state index is 0.338. The lowest BCUT2D eigenvalue weighted by molar-refractivity contribution is 0.410. The van der Waals surface area contributed by atoms with Crippen LogP contribution in [0.5, 0.6) is 5.75 Å². The summed E-state index contributed by atoms with van der Waals surface area (Å²) in [5, 5.41) is 11.4. The number of hydrogen-bond donors (Lipinski definition) is 2. The Balaban J connectivity index is 2.05. The van der Waals surface area contributed by atoms with Crippen LogP contribution in [0.3, 0.4) is 0 Å². The van der Waals surface area contributed by atoms with Gasteiger partial charge in [0.05, 0.1) is 7.11 Å². The van der Waals surface area contributed by atoms with Gasteiger partial charge < -0.3 is 20.2 Å². The number of aromatic nitrogens is 2. The summed E-state index contributed by atoms with van der Waals surface area (Å²) in [6.45, 7) is 0.910. The van der Waals surface area contributed by atoms with Crippen molar-refractivity contribution in [1.82, 2.24) is 10.2 Å². The van der Waals surface area contributed by atoms with E-state index in [0.29, 0.717) is 42.2 Å². The Morgan fingerprint density at radius 2 is 2.26 bits per heavy atom. The van der Waals surface area contributed by atoms with Gasteiger partial charge in [0.25, 0.3) is 0 Å². The van der Waals surface area contributed by atoms with E-state index in [2.05, 4.69) is 15.5 Å². The van der Waals surface area contributed by atoms with Crippen molar-refractivity contribution in [2.75, 3.05) is 19.0 Å². The summed E-state index contributed by atoms with van der Waals surface area (Å²) in [7, 11) is 1.60. The van der Waals surface area contributed by atoms with Gasteiger partial charge in [-0.05, 0) is 12.1 Å². The van der Waals surface area contributed by atoms with Gasteiger partial charge in [-0.2, -0.15) is 0 Å². The third kappa shape index (κ3) is 3.36. The Bertz CT molecular complexity index is 544. The fourth-order valence-corrected chi connectivity index (χ4v) is 1.85. The highest BCUT2D eigenvalue weighted by molar-refractivity contribution is 6.31. The molecule has 2 aromatic rings. The summed E-state index contributed by atoms with van der Waals surface area (Å²) in [6, 6.07) is 5.81. The largest absolute Gasteiger partial charge is 0.496 e. The first-order valence-electron chi connectivity index (χ1n) is 5.82. The molecule has 0 bridgehead atoms. The van der Waals surface area contributed by atoms with Gasteiger partial charge in [-0.25, -0.2) is 0 Å². The van der Waals surface area contributed by atoms with Gasteiger partial charge in [-0.15, -0.1) is 5.10 Å². The molecular weight excluding hydrogens is 268 g/mol. The maximum absolute atomic E-state index is 6.13. The lowest BCUT2D eigenvalue weighted by Crippen LogP contribution is -2.03. The molecule has 1 aromatic heterocycles. The summed E-state index contributed by atoms with van der Waals surface area (Å²) in [5.41, 5.74) is 6.25. The van der Waals surface area contributed by atoms with Crippen LogP contribution < -0.4 is 15.8 Å². The van der Waals surface area contributed by atoms with Crippen molar-refractivity contribution < 1.29 is 9.15 Å². The van der Waals surface area contributed by atoms with Crippen LogP contribution in [0.15, 0.2) is 22.6 Å². The first-order valence-corrected chi connectivity index (χ1v) is 6.20. The first-order chi connectivity index (χ1) is 9.24. The maximum Gasteiger partial charge on any atom is 0.315 e. The van der Waals surface area contributed by atoms with Gasteiger partial charge in [0.2, 0.25) is 5.89 Å². The van der Waals surface area contributed by atoms with Gasteiger partial charge in [0.1, 0.15) is 5.75 Å². The van der Waals surface area contributed by atoms with Crippen LogP contribution in [0.2, 0.25) is 5.02 Å². The number of halogens is 1. The van der Waals surface area contributed by atoms with Crippen molar-refractivity contribution in [1.29, 1.82) is 0 Å². The number of nitrogens with zero attached hydrogens (tertiary/aromatic N) is 2. The molecule has 0 aliphatic heterocycles. The standard InChI is InChI=1S/C12H15ClN4O2/c1-18-10-4-2-3-9(13)8(10)7-15-12-17-16-11(19-12)5-6-14/h2-4H,5-7,14H2,1H3,(H,15,17). The molecule has 102 valence electrons. The van der Waals surface area contributed by atoms with E-state index < -0.39 is 0 Å². The predicted molar refractivity (Wildman–Crippen MR) is 72.4 cm³/mol. The highest BCUT2D eigenvalue weighted by Gasteiger charge is 2.10. The number of rotatable bonds is 6. The van der Waals surface area contributed by atoms with E-state index in [4.69, 9.17) is 26.5 Å². The Morgan fingerprint density at radius 3 is 3.00 bits per heavy atom. The van der Waals surface area contributed by atoms with Crippen LogP contribution in [0.1, 0.15) is 11.5 Å². The second-order valence-corrected chi connectivity index (χ2v) is 4.22. The van der Waals surface area contributed by atoms with Crippen LogP contribution in [0.4, 0.5) is 6.01 Å². The van der Waals surface area contributed by atoms with E-state index in [0.717, 1.165) is 5.56 Å². The van der Waals surface area contributed by atoms with Crippen LogP contribution in [0.25, 0.3) is 0 Å². The molecule has 19 heavy (non-hydrogen) atoms. The number of methoxy groups -OCH3 is 1. The van der Waals surface area contributed by atoms with Crippen LogP contribution in [-0.2, 0) is 13.0 Å². The Morgan fingerprint density at radius 1 is 1.42 bits per heavy atom. The van der Waals surface area contributed by atoms with Crippen LogP contribution in [0, 0.1) is 0 Å². The smallest absolute Gasteiger partial charge is 0.315 e. The van der Waals surface area contributed by atoms with Crippen LogP contribution in [-0.4, -0.2) is 23.9 Å². The van der Waals surface area contributed by atoms with Crippen molar-refractivity contribution in [2.45, 2.75) is 13.0 Å². The summed E-state index contributed by atoms with van der Waals surface area (Å²) >= 11 is 6.13. The van der Waals surface area contributed by atoms with Crippen molar-refractivity contribution in [3.05, 3.63) is 34.7 Å². The molecule has 1 heterocycles. The molecule has 0 aliphatic carbocycles. The fraction of sp³-hybridized carbons (Fsp3) is 0.333. The minimum Gasteiger partial charge on any atom is -0.496 e. The fourth-order valence-electron chi connectivity index (χ4n) is 1.62. The van der Waals surface area contributed by atoms with Gasteiger partial charge in [0, 0.05) is 30.1 Å². The second kappa shape index (κ2) is 6.40. The second-order valence-electron chi connectivity index (χ2n) is 3.81. The molecule has 0 unspecified atom stereocenters. The zero-order valence-electron chi connectivity index (χ0n) is 10.5. The number of ether oxygens (including phenoxy) is 1. The third-order valence-electron chi connectivity index (χ3n) is 2.54. The first kappa shape index (κ1) is 13.6. The topological polar surface area (TPSA) is 86.2 Å². The Labute approximate surface area is 115 Å². The molecule has 3 N–H and O–H groups in total. The normalized spacial score (nSPS) is 10.5. The summed E-state index contributed by atoms with van der Waals surface area (Å²) in [4.78, 5) is 0. The molecule has 2 rings (SSSR count). The van der Waals surface area contributed by atoms with Crippen molar-refractivity contribution in [3.8, 4) is 5.75 Å². The minimum absolute atomic E-state index is 0.338. The van der Waals surface area contributed by atoms with Crippen molar-refractivity contribution in [3.63, 3.8) is 0 Å². The van der Waals surface area contributed by atoms with Gasteiger partial charge in [0.15, 0.2) is 0 Å². The molecule has 0 spiro atoms. The SMILES string of the molecule is COc1cccc(Cl)c1CNc1nnc(CCN)o1. The molecule has 6 nitrogen and oxygen atoms in total. The molecule has 0 saturated heterocycles. The molecule has 1 aromatic carbocycles. The molecule has 0 radical (unpaired) electrons. The highest BCUT2D eigenvalue weighted by Crippen LogP contribution is 2.26. The quantitative estimate of drug-likeness (QED) is 0.841. The molecule has 7 heteroatoms. The number of nitrogens with two attached hydrogens (primary N) is 1. The Hall–Kier alpha value is -1.79. The molecule has 0 atom stereocenters. The average Bonchev–Trinajstić information content (AvgIpc) is 2.85. The predicted octanol–water partition coefficient (Wildman–Crippen LogP) is 1.84. The van der Waals surface area contributed by atoms with E-state index in [1.807, 2.05) is 12.1 Å². The number of benzene rings is 1. The Kier molecular flexibility index (Phi) is 4.59. The van der Waals surface area contributed by atoms with E-state index in [1.165, 1.54) is 0 Å². The van der Waals surface area contributed by atoms with Gasteiger partial charge >= 0.3 is 6.01 Å². The highest BCUT2D eigenvalue weighted by atomic mass is 35.5. The van der Waals surface area contributed by atoms with E-state index in [9.17, 15) is 0 Å². The van der Waals surface area contributed by atoms with Crippen LogP contribution >= 0.6 is 11.6 Å². The lowest BCUT2D eigenvalue weighted by Gasteiger charge is -2.09. The monoisotopic (exact) mass is 282 g/mol. The van der Waals surface area contributed by atoms with Crippen molar-refractivity contribution >= 4 is 17.6 Å². The van der Waals surface area contributed by atoms with Gasteiger partial charge in [-0.3, -0.25) is 0 Å². The molecule has 0 aliphatic rings. The molecule has 0 fully saturated rings. The lowest BCUT2D eigenvalue weighted by atomic mass is 10.2. The zero-order chi connectivity index (χ0) is 13.7. The van der Waals surface area contributed by atoms with E-state index in [1.54, 1.807) is 13.2 Å². The summed E-state index contributed by atoms with van der Waals surface area (Å²) in [6.07, 6.45) is 0.560. The third-order valence-corrected chi connectivity index (χ3v) is 2.89. The summed E-state index contributed by atoms with van der Waals surface area (Å²) in [5.74, 6) is 1.22. The maximum atomic E-state index is 6.13. The van der Waals surface area contributed by atoms with Gasteiger partial charge in [-0.1, -0.05) is 22.8 Å². The zero-order valence-corrected chi connectivity index (χ0v) is 11.3. The number of nitrogens with one attached hydrogen (secondary N) is 1. The molecule has 0 amide bonds. The molecule has 0 saturated carbocycles. The van der Waals surface area contributed by atoms with E-state index >= 15 is 0 Å². The molecular formula is C12H15ClN4O2. The van der Waals surface area contributed by atoms with Crippen molar-refractivity contribution in [2.24, 2.45) is 5.73 Å².